The van der Waals surface area contributed by atoms with Crippen LogP contribution in [0.1, 0.15) is 45.4 Å². The Kier molecular flexibility index (Phi) is 5.45. The standard InChI is InChI=1S/C14H26N2O2/c1-2-13(18-12-6-4-3-5-7-12)14(17)16-10-11-8-15-9-11/h11-13,15H,2-10H2,1H3,(H,16,17). The Morgan fingerprint density at radius 2 is 2.06 bits per heavy atom. The van der Waals surface area contributed by atoms with Crippen molar-refractivity contribution in [2.24, 2.45) is 5.92 Å². The van der Waals surface area contributed by atoms with E-state index in [1.165, 1.54) is 19.3 Å². The zero-order valence-corrected chi connectivity index (χ0v) is 11.4. The molecule has 1 amide bonds. The smallest absolute Gasteiger partial charge is 0.249 e. The fourth-order valence-corrected chi connectivity index (χ4v) is 2.63. The molecule has 1 aliphatic heterocycles. The summed E-state index contributed by atoms with van der Waals surface area (Å²) in [4.78, 5) is 12.0. The number of amides is 1. The van der Waals surface area contributed by atoms with E-state index in [9.17, 15) is 4.79 Å². The van der Waals surface area contributed by atoms with Crippen LogP contribution in [0.25, 0.3) is 0 Å². The van der Waals surface area contributed by atoms with Crippen molar-refractivity contribution in [3.8, 4) is 0 Å². The molecule has 1 atom stereocenters. The largest absolute Gasteiger partial charge is 0.365 e. The van der Waals surface area contributed by atoms with E-state index in [0.29, 0.717) is 12.0 Å². The van der Waals surface area contributed by atoms with Gasteiger partial charge in [-0.3, -0.25) is 4.79 Å². The molecule has 1 saturated heterocycles. The van der Waals surface area contributed by atoms with Gasteiger partial charge >= 0.3 is 0 Å². The first-order chi connectivity index (χ1) is 8.79. The SMILES string of the molecule is CCC(OC1CCCCC1)C(=O)NCC1CNC1. The first kappa shape index (κ1) is 13.8. The lowest BCUT2D eigenvalue weighted by Gasteiger charge is -2.29. The molecule has 4 nitrogen and oxygen atoms in total. The number of carbonyl (C=O) groups is 1. The number of ether oxygens (including phenoxy) is 1. The van der Waals surface area contributed by atoms with Crippen LogP contribution in [0.4, 0.5) is 0 Å². The van der Waals surface area contributed by atoms with Gasteiger partial charge in [0.1, 0.15) is 6.10 Å². The number of rotatable bonds is 6. The summed E-state index contributed by atoms with van der Waals surface area (Å²) >= 11 is 0. The monoisotopic (exact) mass is 254 g/mol. The molecule has 0 bridgehead atoms. The van der Waals surface area contributed by atoms with E-state index < -0.39 is 0 Å². The van der Waals surface area contributed by atoms with E-state index in [4.69, 9.17) is 4.74 Å². The third-order valence-electron chi connectivity index (χ3n) is 4.00. The van der Waals surface area contributed by atoms with Gasteiger partial charge in [0.25, 0.3) is 0 Å². The first-order valence-corrected chi connectivity index (χ1v) is 7.43. The summed E-state index contributed by atoms with van der Waals surface area (Å²) in [7, 11) is 0. The van der Waals surface area contributed by atoms with Gasteiger partial charge in [-0.15, -0.1) is 0 Å². The van der Waals surface area contributed by atoms with E-state index in [-0.39, 0.29) is 12.0 Å². The summed E-state index contributed by atoms with van der Waals surface area (Å²) in [6.45, 7) is 4.87. The molecule has 104 valence electrons. The Hall–Kier alpha value is -0.610. The molecule has 1 saturated carbocycles. The van der Waals surface area contributed by atoms with Gasteiger partial charge in [0.05, 0.1) is 6.10 Å². The van der Waals surface area contributed by atoms with Crippen LogP contribution in [0.3, 0.4) is 0 Å². The van der Waals surface area contributed by atoms with Crippen molar-refractivity contribution in [3.05, 3.63) is 0 Å². The van der Waals surface area contributed by atoms with Gasteiger partial charge in [0.2, 0.25) is 5.91 Å². The molecular weight excluding hydrogens is 228 g/mol. The maximum atomic E-state index is 12.0. The van der Waals surface area contributed by atoms with Crippen molar-refractivity contribution < 1.29 is 9.53 Å². The molecule has 0 aromatic rings. The third kappa shape index (κ3) is 3.95. The first-order valence-electron chi connectivity index (χ1n) is 7.43. The molecule has 2 aliphatic rings. The molecule has 0 radical (unpaired) electrons. The fourth-order valence-electron chi connectivity index (χ4n) is 2.63. The molecule has 1 aliphatic carbocycles. The van der Waals surface area contributed by atoms with Gasteiger partial charge < -0.3 is 15.4 Å². The molecule has 0 aromatic carbocycles. The highest BCUT2D eigenvalue weighted by molar-refractivity contribution is 5.80. The minimum absolute atomic E-state index is 0.0787. The molecule has 1 unspecified atom stereocenters. The van der Waals surface area contributed by atoms with Crippen molar-refractivity contribution in [1.82, 2.24) is 10.6 Å². The van der Waals surface area contributed by atoms with Crippen molar-refractivity contribution in [1.29, 1.82) is 0 Å². The summed E-state index contributed by atoms with van der Waals surface area (Å²) in [5.74, 6) is 0.691. The predicted molar refractivity (Wildman–Crippen MR) is 71.4 cm³/mol. The van der Waals surface area contributed by atoms with Crippen LogP contribution in [0.5, 0.6) is 0 Å². The third-order valence-corrected chi connectivity index (χ3v) is 4.00. The second kappa shape index (κ2) is 7.10. The Labute approximate surface area is 110 Å². The Bertz CT molecular complexity index is 261. The average Bonchev–Trinajstić information content (AvgIpc) is 2.35. The van der Waals surface area contributed by atoms with Crippen LogP contribution >= 0.6 is 0 Å². The van der Waals surface area contributed by atoms with Gasteiger partial charge in [-0.25, -0.2) is 0 Å². The van der Waals surface area contributed by atoms with Gasteiger partial charge in [0, 0.05) is 25.6 Å². The summed E-state index contributed by atoms with van der Waals surface area (Å²) in [5.41, 5.74) is 0. The topological polar surface area (TPSA) is 50.4 Å². The molecule has 4 heteroatoms. The number of hydrogen-bond donors (Lipinski definition) is 2. The van der Waals surface area contributed by atoms with E-state index in [1.807, 2.05) is 6.92 Å². The van der Waals surface area contributed by atoms with E-state index in [0.717, 1.165) is 38.9 Å². The van der Waals surface area contributed by atoms with Gasteiger partial charge in [-0.1, -0.05) is 26.2 Å². The number of carbonyl (C=O) groups excluding carboxylic acids is 1. The van der Waals surface area contributed by atoms with Crippen molar-refractivity contribution in [2.45, 2.75) is 57.7 Å². The van der Waals surface area contributed by atoms with Crippen LogP contribution in [0, 0.1) is 5.92 Å². The summed E-state index contributed by atoms with van der Waals surface area (Å²) in [6.07, 6.45) is 6.88. The Morgan fingerprint density at radius 3 is 2.61 bits per heavy atom. The highest BCUT2D eigenvalue weighted by Crippen LogP contribution is 2.22. The van der Waals surface area contributed by atoms with Gasteiger partial charge in [0.15, 0.2) is 0 Å². The minimum atomic E-state index is -0.249. The summed E-state index contributed by atoms with van der Waals surface area (Å²) in [5, 5.41) is 6.23. The molecule has 1 heterocycles. The number of hydrogen-bond acceptors (Lipinski definition) is 3. The highest BCUT2D eigenvalue weighted by atomic mass is 16.5. The van der Waals surface area contributed by atoms with Gasteiger partial charge in [-0.05, 0) is 19.3 Å². The van der Waals surface area contributed by atoms with Crippen LogP contribution in [-0.2, 0) is 9.53 Å². The molecular formula is C14H26N2O2. The quantitative estimate of drug-likeness (QED) is 0.754. The molecule has 0 aromatic heterocycles. The van der Waals surface area contributed by atoms with E-state index >= 15 is 0 Å². The van der Waals surface area contributed by atoms with Crippen LogP contribution < -0.4 is 10.6 Å². The zero-order valence-electron chi connectivity index (χ0n) is 11.4. The summed E-state index contributed by atoms with van der Waals surface area (Å²) < 4.78 is 5.96. The van der Waals surface area contributed by atoms with E-state index in [1.54, 1.807) is 0 Å². The van der Waals surface area contributed by atoms with Crippen LogP contribution in [0.15, 0.2) is 0 Å². The second-order valence-corrected chi connectivity index (χ2v) is 5.56. The molecule has 0 spiro atoms. The minimum Gasteiger partial charge on any atom is -0.365 e. The number of nitrogens with one attached hydrogen (secondary N) is 2. The maximum absolute atomic E-state index is 12.0. The Morgan fingerprint density at radius 1 is 1.33 bits per heavy atom. The van der Waals surface area contributed by atoms with Crippen molar-refractivity contribution in [2.75, 3.05) is 19.6 Å². The summed E-state index contributed by atoms with van der Waals surface area (Å²) in [6, 6.07) is 0. The second-order valence-electron chi connectivity index (χ2n) is 5.56. The van der Waals surface area contributed by atoms with Crippen molar-refractivity contribution >= 4 is 5.91 Å². The zero-order chi connectivity index (χ0) is 12.8. The normalized spacial score (nSPS) is 23.4. The fraction of sp³-hybridized carbons (Fsp3) is 0.929. The highest BCUT2D eigenvalue weighted by Gasteiger charge is 2.24. The van der Waals surface area contributed by atoms with Crippen LogP contribution in [0.2, 0.25) is 0 Å². The van der Waals surface area contributed by atoms with Gasteiger partial charge in [-0.2, -0.15) is 0 Å². The average molecular weight is 254 g/mol. The molecule has 2 rings (SSSR count). The lowest BCUT2D eigenvalue weighted by Crippen LogP contribution is -2.50. The van der Waals surface area contributed by atoms with E-state index in [2.05, 4.69) is 10.6 Å². The maximum Gasteiger partial charge on any atom is 0.249 e. The molecule has 2 N–H and O–H groups in total. The van der Waals surface area contributed by atoms with Crippen LogP contribution in [-0.4, -0.2) is 37.7 Å². The molecule has 18 heavy (non-hydrogen) atoms. The van der Waals surface area contributed by atoms with Crippen molar-refractivity contribution in [3.63, 3.8) is 0 Å². The lowest BCUT2D eigenvalue weighted by atomic mass is 9.97. The predicted octanol–water partition coefficient (Wildman–Crippen LogP) is 1.45. The molecule has 2 fully saturated rings. The lowest BCUT2D eigenvalue weighted by molar-refractivity contribution is -0.138. The Balaban J connectivity index is 1.69.